The number of aromatic nitrogens is 2. The molecular weight excluding hydrogens is 380 g/mol. The molecule has 7 nitrogen and oxygen atoms in total. The minimum Gasteiger partial charge on any atom is -0.360 e. The molecule has 4 atom stereocenters. The van der Waals surface area contributed by atoms with Crippen LogP contribution < -0.4 is 0 Å². The number of ether oxygens (including phenoxy) is 1. The molecule has 2 saturated heterocycles. The zero-order valence-corrected chi connectivity index (χ0v) is 18.8. The molecule has 3 aliphatic heterocycles. The van der Waals surface area contributed by atoms with Crippen molar-refractivity contribution in [2.45, 2.75) is 58.8 Å². The summed E-state index contributed by atoms with van der Waals surface area (Å²) >= 11 is 0. The van der Waals surface area contributed by atoms with Gasteiger partial charge in [-0.25, -0.2) is 0 Å². The highest BCUT2D eigenvalue weighted by molar-refractivity contribution is 5.93. The van der Waals surface area contributed by atoms with Crippen LogP contribution in [0.2, 0.25) is 0 Å². The van der Waals surface area contributed by atoms with Gasteiger partial charge in [-0.05, 0) is 38.7 Å². The van der Waals surface area contributed by atoms with Crippen molar-refractivity contribution in [1.29, 1.82) is 0 Å². The van der Waals surface area contributed by atoms with E-state index in [9.17, 15) is 9.59 Å². The quantitative estimate of drug-likeness (QED) is 0.612. The first-order valence-electron chi connectivity index (χ1n) is 11.1. The lowest BCUT2D eigenvalue weighted by molar-refractivity contribution is -0.142. The lowest BCUT2D eigenvalue weighted by Gasteiger charge is -2.28. The second kappa shape index (κ2) is 7.84. The van der Waals surface area contributed by atoms with E-state index in [1.54, 1.807) is 4.90 Å². The Balaban J connectivity index is 1.39. The van der Waals surface area contributed by atoms with E-state index in [2.05, 4.69) is 25.0 Å². The summed E-state index contributed by atoms with van der Waals surface area (Å²) in [6.07, 6.45) is 5.52. The summed E-state index contributed by atoms with van der Waals surface area (Å²) in [5.74, 6) is -0.161. The predicted octanol–water partition coefficient (Wildman–Crippen LogP) is 2.18. The van der Waals surface area contributed by atoms with Crippen LogP contribution >= 0.6 is 0 Å². The fraction of sp³-hybridized carbons (Fsp3) is 0.696. The maximum atomic E-state index is 13.3. The molecule has 1 aromatic rings. The molecule has 0 aliphatic carbocycles. The number of likely N-dealkylation sites (tertiary alicyclic amines) is 1. The largest absolute Gasteiger partial charge is 0.360 e. The van der Waals surface area contributed by atoms with Crippen LogP contribution in [0.25, 0.3) is 0 Å². The standard InChI is InChI=1S/C23H34N4O3/c1-15(2)8-12-26-14-23-9-7-18(30-23)19(20(23)22(26)29)21(28)25(5)10-6-11-27-17(4)13-16(3)24-27/h7,9,13,15,18-20H,6,8,10-12,14H2,1-5H3/t18-,19+,20+,23-/m0/s1. The Kier molecular flexibility index (Phi) is 5.51. The summed E-state index contributed by atoms with van der Waals surface area (Å²) in [7, 11) is 1.84. The third kappa shape index (κ3) is 3.57. The molecule has 2 amide bonds. The molecule has 30 heavy (non-hydrogen) atoms. The Hall–Kier alpha value is -2.15. The van der Waals surface area contributed by atoms with Gasteiger partial charge >= 0.3 is 0 Å². The van der Waals surface area contributed by atoms with Gasteiger partial charge in [0.05, 0.1) is 30.2 Å². The first-order chi connectivity index (χ1) is 14.2. The average Bonchev–Trinajstić information content (AvgIpc) is 3.40. The summed E-state index contributed by atoms with van der Waals surface area (Å²) in [5, 5.41) is 4.49. The van der Waals surface area contributed by atoms with Gasteiger partial charge in [0.25, 0.3) is 0 Å². The van der Waals surface area contributed by atoms with Crippen LogP contribution in [-0.2, 0) is 20.9 Å². The second-order valence-corrected chi connectivity index (χ2v) is 9.61. The van der Waals surface area contributed by atoms with Gasteiger partial charge in [0.2, 0.25) is 11.8 Å². The van der Waals surface area contributed by atoms with Crippen LogP contribution in [0, 0.1) is 31.6 Å². The number of carbonyl (C=O) groups excluding carboxylic acids is 2. The van der Waals surface area contributed by atoms with Gasteiger partial charge in [-0.1, -0.05) is 26.0 Å². The smallest absolute Gasteiger partial charge is 0.230 e. The molecule has 1 spiro atoms. The molecule has 2 fully saturated rings. The van der Waals surface area contributed by atoms with Crippen molar-refractivity contribution < 1.29 is 14.3 Å². The van der Waals surface area contributed by atoms with E-state index >= 15 is 0 Å². The van der Waals surface area contributed by atoms with Crippen molar-refractivity contribution in [3.63, 3.8) is 0 Å². The number of hydrogen-bond donors (Lipinski definition) is 0. The van der Waals surface area contributed by atoms with Crippen LogP contribution in [0.5, 0.6) is 0 Å². The van der Waals surface area contributed by atoms with Gasteiger partial charge < -0.3 is 14.5 Å². The fourth-order valence-electron chi connectivity index (χ4n) is 5.19. The highest BCUT2D eigenvalue weighted by atomic mass is 16.5. The van der Waals surface area contributed by atoms with Gasteiger partial charge in [0.1, 0.15) is 5.60 Å². The number of fused-ring (bicyclic) bond motifs is 1. The molecule has 1 aromatic heterocycles. The molecular formula is C23H34N4O3. The predicted molar refractivity (Wildman–Crippen MR) is 114 cm³/mol. The zero-order chi connectivity index (χ0) is 21.6. The summed E-state index contributed by atoms with van der Waals surface area (Å²) in [6, 6.07) is 2.06. The molecule has 0 N–H and O–H groups in total. The molecule has 4 heterocycles. The van der Waals surface area contributed by atoms with Crippen molar-refractivity contribution in [2.75, 3.05) is 26.7 Å². The van der Waals surface area contributed by atoms with Gasteiger partial charge in [0.15, 0.2) is 0 Å². The molecule has 0 aromatic carbocycles. The monoisotopic (exact) mass is 414 g/mol. The Morgan fingerprint density at radius 3 is 2.80 bits per heavy atom. The molecule has 0 radical (unpaired) electrons. The molecule has 4 rings (SSSR count). The van der Waals surface area contributed by atoms with Crippen molar-refractivity contribution in [3.05, 3.63) is 29.6 Å². The Morgan fingerprint density at radius 2 is 2.13 bits per heavy atom. The minimum absolute atomic E-state index is 0.0173. The van der Waals surface area contributed by atoms with E-state index < -0.39 is 11.5 Å². The normalized spacial score (nSPS) is 29.3. The SMILES string of the molecule is Cc1cc(C)n(CCCN(C)C(=O)[C@@H]2[C@@H]3C=C[C@@]4(CN(CCC(C)C)C(=O)[C@@H]24)O3)n1. The number of nitrogens with zero attached hydrogens (tertiary/aromatic N) is 4. The number of amides is 2. The maximum Gasteiger partial charge on any atom is 0.230 e. The van der Waals surface area contributed by atoms with Crippen LogP contribution in [-0.4, -0.2) is 69.8 Å². The molecule has 3 aliphatic rings. The van der Waals surface area contributed by atoms with Crippen molar-refractivity contribution in [2.24, 2.45) is 17.8 Å². The van der Waals surface area contributed by atoms with Crippen molar-refractivity contribution >= 4 is 11.8 Å². The molecule has 0 unspecified atom stereocenters. The topological polar surface area (TPSA) is 67.7 Å². The van der Waals surface area contributed by atoms with Gasteiger partial charge in [0, 0.05) is 32.4 Å². The third-order valence-corrected chi connectivity index (χ3v) is 6.78. The van der Waals surface area contributed by atoms with Crippen LogP contribution in [0.4, 0.5) is 0 Å². The number of aryl methyl sites for hydroxylation is 3. The van der Waals surface area contributed by atoms with E-state index in [0.29, 0.717) is 19.0 Å². The fourth-order valence-corrected chi connectivity index (χ4v) is 5.19. The summed E-state index contributed by atoms with van der Waals surface area (Å²) in [4.78, 5) is 30.2. The zero-order valence-electron chi connectivity index (χ0n) is 18.8. The van der Waals surface area contributed by atoms with E-state index in [-0.39, 0.29) is 23.8 Å². The number of rotatable bonds is 8. The third-order valence-electron chi connectivity index (χ3n) is 6.78. The molecule has 164 valence electrons. The average molecular weight is 415 g/mol. The summed E-state index contributed by atoms with van der Waals surface area (Å²) in [5.41, 5.74) is 1.53. The van der Waals surface area contributed by atoms with Crippen LogP contribution in [0.3, 0.4) is 0 Å². The Morgan fingerprint density at radius 1 is 1.37 bits per heavy atom. The first kappa shape index (κ1) is 21.1. The van der Waals surface area contributed by atoms with Crippen LogP contribution in [0.1, 0.15) is 38.1 Å². The van der Waals surface area contributed by atoms with Gasteiger partial charge in [-0.2, -0.15) is 5.10 Å². The minimum atomic E-state index is -0.608. The number of hydrogen-bond acceptors (Lipinski definition) is 4. The highest BCUT2D eigenvalue weighted by Crippen LogP contribution is 2.52. The maximum absolute atomic E-state index is 13.3. The van der Waals surface area contributed by atoms with Gasteiger partial charge in [-0.15, -0.1) is 0 Å². The lowest BCUT2D eigenvalue weighted by atomic mass is 9.76. The lowest BCUT2D eigenvalue weighted by Crippen LogP contribution is -2.45. The highest BCUT2D eigenvalue weighted by Gasteiger charge is 2.66. The van der Waals surface area contributed by atoms with Crippen LogP contribution in [0.15, 0.2) is 18.2 Å². The van der Waals surface area contributed by atoms with Crippen molar-refractivity contribution in [1.82, 2.24) is 19.6 Å². The van der Waals surface area contributed by atoms with E-state index in [4.69, 9.17) is 4.74 Å². The Labute approximate surface area is 179 Å². The summed E-state index contributed by atoms with van der Waals surface area (Å²) in [6.45, 7) is 11.1. The second-order valence-electron chi connectivity index (χ2n) is 9.61. The van der Waals surface area contributed by atoms with E-state index in [1.807, 2.05) is 42.6 Å². The van der Waals surface area contributed by atoms with E-state index in [1.165, 1.54) is 0 Å². The number of carbonyl (C=O) groups is 2. The molecule has 0 saturated carbocycles. The van der Waals surface area contributed by atoms with Crippen molar-refractivity contribution in [3.8, 4) is 0 Å². The summed E-state index contributed by atoms with van der Waals surface area (Å²) < 4.78 is 8.22. The Bertz CT molecular complexity index is 861. The van der Waals surface area contributed by atoms with Gasteiger partial charge in [-0.3, -0.25) is 14.3 Å². The molecule has 7 heteroatoms. The van der Waals surface area contributed by atoms with E-state index in [0.717, 1.165) is 37.3 Å². The molecule has 2 bridgehead atoms. The first-order valence-corrected chi connectivity index (χ1v) is 11.1.